The molecule has 52 valence electrons. The van der Waals surface area contributed by atoms with Crippen molar-refractivity contribution in [3.63, 3.8) is 0 Å². The number of aliphatic carboxylic acids is 1. The quantitative estimate of drug-likeness (QED) is 0.403. The molecule has 0 amide bonds. The van der Waals surface area contributed by atoms with Gasteiger partial charge in [0.25, 0.3) is 0 Å². The minimum atomic E-state index is -1.64. The third kappa shape index (κ3) is 1.71. The largest absolute Gasteiger partial charge is 0.548 e. The van der Waals surface area contributed by atoms with Gasteiger partial charge in [0.15, 0.2) is 5.78 Å². The fraction of sp³-hybridized carbons (Fsp3) is 0.600. The number of thiol groups is 1. The highest BCUT2D eigenvalue weighted by atomic mass is 32.1. The molecular weight excluding hydrogens is 140 g/mol. The van der Waals surface area contributed by atoms with Gasteiger partial charge in [0, 0.05) is 0 Å². The van der Waals surface area contributed by atoms with Gasteiger partial charge >= 0.3 is 0 Å². The van der Waals surface area contributed by atoms with Gasteiger partial charge in [0.1, 0.15) is 4.75 Å². The first kappa shape index (κ1) is 8.49. The Bertz CT molecular complexity index is 134. The Labute approximate surface area is 58.5 Å². The predicted octanol–water partition coefficient (Wildman–Crippen LogP) is -0.986. The van der Waals surface area contributed by atoms with Crippen molar-refractivity contribution in [1.29, 1.82) is 0 Å². The van der Waals surface area contributed by atoms with Gasteiger partial charge in [-0.3, -0.25) is 4.79 Å². The zero-order valence-electron chi connectivity index (χ0n) is 5.17. The second-order valence-electron chi connectivity index (χ2n) is 1.92. The van der Waals surface area contributed by atoms with Crippen LogP contribution in [0.1, 0.15) is 13.8 Å². The molecule has 0 heterocycles. The Hall–Kier alpha value is -0.510. The van der Waals surface area contributed by atoms with E-state index in [4.69, 9.17) is 0 Å². The smallest absolute Gasteiger partial charge is 0.150 e. The van der Waals surface area contributed by atoms with Crippen molar-refractivity contribution in [1.82, 2.24) is 0 Å². The summed E-state index contributed by atoms with van der Waals surface area (Å²) in [5.41, 5.74) is 0. The van der Waals surface area contributed by atoms with E-state index in [1.807, 2.05) is 0 Å². The summed E-state index contributed by atoms with van der Waals surface area (Å²) in [4.78, 5) is 20.5. The lowest BCUT2D eigenvalue weighted by molar-refractivity contribution is -0.307. The Morgan fingerprint density at radius 2 is 1.89 bits per heavy atom. The number of hydrogen-bond acceptors (Lipinski definition) is 4. The summed E-state index contributed by atoms with van der Waals surface area (Å²) in [7, 11) is 0. The van der Waals surface area contributed by atoms with Crippen LogP contribution in [0.15, 0.2) is 0 Å². The van der Waals surface area contributed by atoms with Crippen LogP contribution in [-0.4, -0.2) is 16.5 Å². The minimum Gasteiger partial charge on any atom is -0.548 e. The van der Waals surface area contributed by atoms with E-state index in [1.165, 1.54) is 6.92 Å². The minimum absolute atomic E-state index is 0.522. The lowest BCUT2D eigenvalue weighted by Gasteiger charge is -2.20. The average Bonchev–Trinajstić information content (AvgIpc) is 1.65. The lowest BCUT2D eigenvalue weighted by Crippen LogP contribution is -2.46. The monoisotopic (exact) mass is 147 g/mol. The highest BCUT2D eigenvalue weighted by Crippen LogP contribution is 2.12. The summed E-state index contributed by atoms with van der Waals surface area (Å²) >= 11 is 3.56. The molecule has 3 nitrogen and oxygen atoms in total. The van der Waals surface area contributed by atoms with Crippen LogP contribution < -0.4 is 5.11 Å². The molecule has 0 fully saturated rings. The van der Waals surface area contributed by atoms with Gasteiger partial charge in [0.05, 0.1) is 5.97 Å². The van der Waals surface area contributed by atoms with Crippen molar-refractivity contribution >= 4 is 24.4 Å². The van der Waals surface area contributed by atoms with Crippen LogP contribution in [0.3, 0.4) is 0 Å². The summed E-state index contributed by atoms with van der Waals surface area (Å²) < 4.78 is -1.64. The first-order valence-corrected chi connectivity index (χ1v) is 2.78. The van der Waals surface area contributed by atoms with Gasteiger partial charge in [0.2, 0.25) is 0 Å². The van der Waals surface area contributed by atoms with E-state index in [0.29, 0.717) is 0 Å². The molecule has 0 N–H and O–H groups in total. The molecule has 0 aliphatic heterocycles. The topological polar surface area (TPSA) is 57.2 Å². The van der Waals surface area contributed by atoms with Gasteiger partial charge in [-0.25, -0.2) is 0 Å². The predicted molar refractivity (Wildman–Crippen MR) is 33.1 cm³/mol. The second-order valence-corrected chi connectivity index (χ2v) is 2.81. The van der Waals surface area contributed by atoms with E-state index < -0.39 is 16.5 Å². The maximum atomic E-state index is 10.4. The van der Waals surface area contributed by atoms with Crippen molar-refractivity contribution < 1.29 is 14.7 Å². The number of rotatable bonds is 2. The van der Waals surface area contributed by atoms with E-state index in [9.17, 15) is 14.7 Å². The van der Waals surface area contributed by atoms with Crippen LogP contribution in [0.5, 0.6) is 0 Å². The Morgan fingerprint density at radius 1 is 1.56 bits per heavy atom. The van der Waals surface area contributed by atoms with Crippen LogP contribution in [0.2, 0.25) is 0 Å². The normalized spacial score (nSPS) is 16.3. The molecule has 0 aliphatic carbocycles. The molecule has 9 heavy (non-hydrogen) atoms. The zero-order valence-corrected chi connectivity index (χ0v) is 6.07. The molecule has 1 unspecified atom stereocenters. The molecule has 0 aromatic rings. The van der Waals surface area contributed by atoms with Gasteiger partial charge in [-0.15, -0.1) is 0 Å². The van der Waals surface area contributed by atoms with E-state index in [-0.39, 0.29) is 0 Å². The van der Waals surface area contributed by atoms with Crippen molar-refractivity contribution in [2.24, 2.45) is 0 Å². The molecule has 0 bridgehead atoms. The molecule has 0 aliphatic rings. The van der Waals surface area contributed by atoms with E-state index in [1.54, 1.807) is 0 Å². The molecule has 0 rings (SSSR count). The Morgan fingerprint density at radius 3 is 1.89 bits per heavy atom. The van der Waals surface area contributed by atoms with Gasteiger partial charge in [-0.05, 0) is 13.8 Å². The summed E-state index contributed by atoms with van der Waals surface area (Å²) in [5.74, 6) is -1.98. The highest BCUT2D eigenvalue weighted by molar-refractivity contribution is 7.83. The van der Waals surface area contributed by atoms with Crippen LogP contribution in [0, 0.1) is 0 Å². The van der Waals surface area contributed by atoms with Gasteiger partial charge < -0.3 is 9.90 Å². The SMILES string of the molecule is CC(=O)C(C)(S)C(=O)[O-]. The average molecular weight is 147 g/mol. The molecule has 0 spiro atoms. The Kier molecular flexibility index (Phi) is 2.25. The molecule has 0 saturated heterocycles. The summed E-state index contributed by atoms with van der Waals surface area (Å²) in [6, 6.07) is 0. The first-order valence-electron chi connectivity index (χ1n) is 2.34. The van der Waals surface area contributed by atoms with Gasteiger partial charge in [-0.1, -0.05) is 0 Å². The van der Waals surface area contributed by atoms with Crippen LogP contribution in [0.25, 0.3) is 0 Å². The molecular formula is C5H7O3S-. The van der Waals surface area contributed by atoms with Crippen molar-refractivity contribution in [2.75, 3.05) is 0 Å². The van der Waals surface area contributed by atoms with E-state index >= 15 is 0 Å². The third-order valence-electron chi connectivity index (χ3n) is 1.08. The highest BCUT2D eigenvalue weighted by Gasteiger charge is 2.25. The van der Waals surface area contributed by atoms with Crippen molar-refractivity contribution in [2.45, 2.75) is 18.6 Å². The summed E-state index contributed by atoms with van der Waals surface area (Å²) in [5, 5.41) is 10.1. The molecule has 4 heteroatoms. The van der Waals surface area contributed by atoms with E-state index in [0.717, 1.165) is 6.92 Å². The third-order valence-corrected chi connectivity index (χ3v) is 1.58. The van der Waals surface area contributed by atoms with Crippen LogP contribution in [-0.2, 0) is 9.59 Å². The number of carbonyl (C=O) groups excluding carboxylic acids is 2. The van der Waals surface area contributed by atoms with Crippen LogP contribution in [0.4, 0.5) is 0 Å². The van der Waals surface area contributed by atoms with Crippen LogP contribution >= 0.6 is 12.6 Å². The molecule has 0 radical (unpaired) electrons. The summed E-state index contributed by atoms with van der Waals surface area (Å²) in [6.07, 6.45) is 0. The number of ketones is 1. The van der Waals surface area contributed by atoms with E-state index in [2.05, 4.69) is 12.6 Å². The van der Waals surface area contributed by atoms with Gasteiger partial charge in [-0.2, -0.15) is 12.6 Å². The molecule has 1 atom stereocenters. The zero-order chi connectivity index (χ0) is 7.65. The molecule has 0 aromatic heterocycles. The Balaban J connectivity index is 4.38. The number of carboxylic acids is 1. The molecule has 0 aromatic carbocycles. The number of carbonyl (C=O) groups is 2. The lowest BCUT2D eigenvalue weighted by atomic mass is 10.1. The first-order chi connectivity index (χ1) is 3.89. The maximum absolute atomic E-state index is 10.4. The number of hydrogen-bond donors (Lipinski definition) is 1. The standard InChI is InChI=1S/C5H8O3S/c1-3(6)5(2,9)4(7)8/h9H,1-2H3,(H,7,8)/p-1. The number of Topliss-reactive ketones (excluding diaryl/α,β-unsaturated/α-hetero) is 1. The fourth-order valence-corrected chi connectivity index (χ4v) is 0.144. The summed E-state index contributed by atoms with van der Waals surface area (Å²) in [6.45, 7) is 2.34. The van der Waals surface area contributed by atoms with Crippen molar-refractivity contribution in [3.05, 3.63) is 0 Å². The van der Waals surface area contributed by atoms with Crippen molar-refractivity contribution in [3.8, 4) is 0 Å². The molecule has 0 saturated carbocycles. The maximum Gasteiger partial charge on any atom is 0.150 e. The second kappa shape index (κ2) is 2.39. The fourth-order valence-electron chi connectivity index (χ4n) is 0.144. The number of carboxylic acid groups (broad SMARTS) is 1.